The van der Waals surface area contributed by atoms with Gasteiger partial charge in [-0.1, -0.05) is 19.8 Å². The van der Waals surface area contributed by atoms with Crippen LogP contribution in [0.3, 0.4) is 0 Å². The molecule has 0 atom stereocenters. The van der Waals surface area contributed by atoms with Gasteiger partial charge in [-0.3, -0.25) is 12.2 Å². The van der Waals surface area contributed by atoms with E-state index < -0.39 is 0 Å². The SMILES string of the molecule is CCCC[O-].[C-]1=CC=CC1.[C-]1=CC=CC1.[CH3-].[Hf+4]. The van der Waals surface area contributed by atoms with E-state index >= 15 is 0 Å². The quantitative estimate of drug-likeness (QED) is 0.519. The number of hydrogen-bond acceptors (Lipinski definition) is 1. The molecule has 0 amide bonds. The first-order chi connectivity index (χ1) is 7.41. The Hall–Kier alpha value is -0.210. The summed E-state index contributed by atoms with van der Waals surface area (Å²) in [6, 6.07) is 0. The molecule has 0 aromatic rings. The summed E-state index contributed by atoms with van der Waals surface area (Å²) >= 11 is 0. The summed E-state index contributed by atoms with van der Waals surface area (Å²) in [4.78, 5) is 0. The first-order valence-electron chi connectivity index (χ1n) is 5.43. The molecule has 0 fully saturated rings. The van der Waals surface area contributed by atoms with Gasteiger partial charge in [-0.15, -0.1) is 19.4 Å². The molecule has 2 aliphatic carbocycles. The summed E-state index contributed by atoms with van der Waals surface area (Å²) in [6.07, 6.45) is 21.9. The zero-order chi connectivity index (χ0) is 11.2. The van der Waals surface area contributed by atoms with Gasteiger partial charge in [0, 0.05) is 0 Å². The summed E-state index contributed by atoms with van der Waals surface area (Å²) in [5.41, 5.74) is 0. The average Bonchev–Trinajstić information content (AvgIpc) is 2.99. The number of hydrogen-bond donors (Lipinski definition) is 0. The summed E-state index contributed by atoms with van der Waals surface area (Å²) in [5.74, 6) is 0. The Morgan fingerprint density at radius 1 is 1.06 bits per heavy atom. The van der Waals surface area contributed by atoms with E-state index in [2.05, 4.69) is 24.3 Å². The number of allylic oxidation sites excluding steroid dienone is 8. The van der Waals surface area contributed by atoms with Crippen LogP contribution in [0.15, 0.2) is 36.5 Å². The van der Waals surface area contributed by atoms with Gasteiger partial charge in [0.05, 0.1) is 0 Å². The van der Waals surface area contributed by atoms with Crippen molar-refractivity contribution in [2.75, 3.05) is 6.61 Å². The molecule has 2 heteroatoms. The van der Waals surface area contributed by atoms with E-state index in [0.717, 1.165) is 25.7 Å². The Morgan fingerprint density at radius 2 is 1.53 bits per heavy atom. The van der Waals surface area contributed by atoms with Gasteiger partial charge in [-0.25, -0.2) is 24.3 Å². The second kappa shape index (κ2) is 21.1. The van der Waals surface area contributed by atoms with Crippen LogP contribution in [0.1, 0.15) is 32.6 Å². The maximum absolute atomic E-state index is 9.53. The average molecular weight is 397 g/mol. The fourth-order valence-electron chi connectivity index (χ4n) is 0.825. The molecule has 0 saturated heterocycles. The van der Waals surface area contributed by atoms with Gasteiger partial charge < -0.3 is 12.5 Å². The first-order valence-corrected chi connectivity index (χ1v) is 5.43. The molecule has 17 heavy (non-hydrogen) atoms. The van der Waals surface area contributed by atoms with Crippen molar-refractivity contribution in [3.8, 4) is 0 Å². The molecule has 0 N–H and O–H groups in total. The summed E-state index contributed by atoms with van der Waals surface area (Å²) in [6.45, 7) is 2.11. The van der Waals surface area contributed by atoms with Crippen molar-refractivity contribution in [3.63, 3.8) is 0 Å². The van der Waals surface area contributed by atoms with Gasteiger partial charge in [0.25, 0.3) is 0 Å². The fourth-order valence-corrected chi connectivity index (χ4v) is 0.825. The molecule has 92 valence electrons. The molecule has 0 bridgehead atoms. The largest absolute Gasteiger partial charge is 4.00 e. The molecule has 0 heterocycles. The molecule has 2 rings (SSSR count). The van der Waals surface area contributed by atoms with E-state index in [1.807, 2.05) is 31.2 Å². The third-order valence-corrected chi connectivity index (χ3v) is 1.67. The van der Waals surface area contributed by atoms with Crippen molar-refractivity contribution in [1.82, 2.24) is 0 Å². The minimum absolute atomic E-state index is 0. The Bertz CT molecular complexity index is 183. The van der Waals surface area contributed by atoms with Crippen LogP contribution in [0.2, 0.25) is 0 Å². The second-order valence-electron chi connectivity index (χ2n) is 3.06. The van der Waals surface area contributed by atoms with Crippen molar-refractivity contribution < 1.29 is 30.9 Å². The normalized spacial score (nSPS) is 12.8. The summed E-state index contributed by atoms with van der Waals surface area (Å²) in [5, 5.41) is 9.53. The van der Waals surface area contributed by atoms with Crippen LogP contribution < -0.4 is 5.11 Å². The molecule has 0 radical (unpaired) electrons. The minimum Gasteiger partial charge on any atom is -0.854 e. The molecule has 0 aromatic heterocycles. The Labute approximate surface area is 126 Å². The van der Waals surface area contributed by atoms with Crippen molar-refractivity contribution in [2.24, 2.45) is 0 Å². The topological polar surface area (TPSA) is 23.1 Å². The standard InChI is InChI=1S/2C5H5.C4H9O.CH3.Hf/c2*1-2-4-5-3-1;1-2-3-4-5;;/h2*1-3H,4H2;2-4H2,1H3;1H3;/q4*-1;+4. The maximum Gasteiger partial charge on any atom is 4.00 e. The van der Waals surface area contributed by atoms with Crippen LogP contribution in [0.4, 0.5) is 0 Å². The summed E-state index contributed by atoms with van der Waals surface area (Å²) < 4.78 is 0. The van der Waals surface area contributed by atoms with Crippen LogP contribution in [-0.2, 0) is 25.8 Å². The van der Waals surface area contributed by atoms with E-state index in [0.29, 0.717) is 0 Å². The van der Waals surface area contributed by atoms with Gasteiger partial charge in [0.2, 0.25) is 0 Å². The monoisotopic (exact) mass is 398 g/mol. The smallest absolute Gasteiger partial charge is 0.854 e. The third kappa shape index (κ3) is 21.6. The number of rotatable bonds is 2. The van der Waals surface area contributed by atoms with E-state index in [9.17, 15) is 5.11 Å². The molecule has 0 saturated carbocycles. The molecule has 0 unspecified atom stereocenters. The number of unbranched alkanes of at least 4 members (excludes halogenated alkanes) is 1. The zero-order valence-corrected chi connectivity index (χ0v) is 14.5. The van der Waals surface area contributed by atoms with Gasteiger partial charge in [-0.05, 0) is 0 Å². The third-order valence-electron chi connectivity index (χ3n) is 1.67. The molecule has 2 aliphatic rings. The van der Waals surface area contributed by atoms with Crippen molar-refractivity contribution in [2.45, 2.75) is 32.6 Å². The van der Waals surface area contributed by atoms with E-state index in [1.165, 1.54) is 0 Å². The van der Waals surface area contributed by atoms with Crippen molar-refractivity contribution in [3.05, 3.63) is 56.0 Å². The van der Waals surface area contributed by atoms with Crippen LogP contribution in [0.25, 0.3) is 0 Å². The second-order valence-corrected chi connectivity index (χ2v) is 3.06. The minimum atomic E-state index is 0. The fraction of sp³-hybridized carbons (Fsp3) is 0.400. The van der Waals surface area contributed by atoms with E-state index in [1.54, 1.807) is 0 Å². The molecule has 0 aromatic carbocycles. The van der Waals surface area contributed by atoms with Gasteiger partial charge in [-0.2, -0.15) is 12.2 Å². The Morgan fingerprint density at radius 3 is 1.59 bits per heavy atom. The Kier molecular flexibility index (Phi) is 27.3. The van der Waals surface area contributed by atoms with Gasteiger partial charge in [0.15, 0.2) is 0 Å². The van der Waals surface area contributed by atoms with Crippen molar-refractivity contribution >= 4 is 0 Å². The van der Waals surface area contributed by atoms with E-state index in [-0.39, 0.29) is 39.9 Å². The molecule has 1 nitrogen and oxygen atoms in total. The van der Waals surface area contributed by atoms with Crippen LogP contribution in [0, 0.1) is 19.6 Å². The van der Waals surface area contributed by atoms with Crippen LogP contribution in [-0.4, -0.2) is 6.61 Å². The van der Waals surface area contributed by atoms with Crippen molar-refractivity contribution in [1.29, 1.82) is 0 Å². The van der Waals surface area contributed by atoms with Gasteiger partial charge >= 0.3 is 25.8 Å². The zero-order valence-electron chi connectivity index (χ0n) is 10.9. The van der Waals surface area contributed by atoms with E-state index in [4.69, 9.17) is 0 Å². The maximum atomic E-state index is 9.53. The summed E-state index contributed by atoms with van der Waals surface area (Å²) in [7, 11) is 0. The predicted octanol–water partition coefficient (Wildman–Crippen LogP) is 3.21. The predicted molar refractivity (Wildman–Crippen MR) is 69.3 cm³/mol. The molecule has 0 aliphatic heterocycles. The molecule has 0 spiro atoms. The van der Waals surface area contributed by atoms with Gasteiger partial charge in [0.1, 0.15) is 0 Å². The Balaban J connectivity index is -0.000000163. The van der Waals surface area contributed by atoms with Crippen LogP contribution >= 0.6 is 0 Å². The molecular weight excluding hydrogens is 375 g/mol. The molecular formula is C15H22HfO. The van der Waals surface area contributed by atoms with Crippen LogP contribution in [0.5, 0.6) is 0 Å². The first kappa shape index (κ1) is 22.0.